The molecule has 0 bridgehead atoms. The van der Waals surface area contributed by atoms with E-state index in [-0.39, 0.29) is 0 Å². The zero-order valence-corrected chi connectivity index (χ0v) is 54.9. The number of hydrogen-bond donors (Lipinski definition) is 0. The van der Waals surface area contributed by atoms with Crippen molar-refractivity contribution in [2.24, 2.45) is 0 Å². The zero-order valence-electron chi connectivity index (χ0n) is 53.9. The van der Waals surface area contributed by atoms with Crippen molar-refractivity contribution in [3.63, 3.8) is 0 Å². The summed E-state index contributed by atoms with van der Waals surface area (Å²) >= 11 is 0. The van der Waals surface area contributed by atoms with Gasteiger partial charge in [-0.15, -0.1) is 0 Å². The summed E-state index contributed by atoms with van der Waals surface area (Å²) in [6.45, 7) is 0. The number of aromatic nitrogens is 14. The van der Waals surface area contributed by atoms with E-state index in [1.807, 2.05) is 24.3 Å². The molecule has 12 aromatic carbocycles. The van der Waals surface area contributed by atoms with Crippen molar-refractivity contribution in [2.75, 3.05) is 0 Å². The third-order valence-electron chi connectivity index (χ3n) is 20.7. The van der Waals surface area contributed by atoms with Crippen molar-refractivity contribution < 1.29 is 0 Å². The van der Waals surface area contributed by atoms with Crippen molar-refractivity contribution in [3.05, 3.63) is 328 Å². The Kier molecular flexibility index (Phi) is 11.6. The van der Waals surface area contributed by atoms with Crippen molar-refractivity contribution in [1.29, 1.82) is 0 Å². The Morgan fingerprint density at radius 1 is 0.178 bits per heavy atom. The maximum absolute atomic E-state index is 5.70. The van der Waals surface area contributed by atoms with Crippen LogP contribution in [-0.4, -0.2) is 73.8 Å². The van der Waals surface area contributed by atoms with Crippen LogP contribution in [0.3, 0.4) is 0 Å². The summed E-state index contributed by atoms with van der Waals surface area (Å²) in [7, 11) is -3.16. The molecule has 0 aliphatic carbocycles. The average Bonchev–Trinajstić information content (AvgIpc) is 1.68. The number of fused-ring (bicyclic) bond motifs is 20. The highest BCUT2D eigenvalue weighted by atomic mass is 28.3. The summed E-state index contributed by atoms with van der Waals surface area (Å²) in [6.07, 6.45) is 0. The van der Waals surface area contributed by atoms with E-state index >= 15 is 0 Å². The first-order valence-electron chi connectivity index (χ1n) is 33.9. The van der Waals surface area contributed by atoms with Gasteiger partial charge in [-0.3, -0.25) is 35.9 Å². The van der Waals surface area contributed by atoms with Gasteiger partial charge in [0.1, 0.15) is 23.3 Å². The van der Waals surface area contributed by atoms with Crippen LogP contribution in [-0.2, 0) is 0 Å². The molecule has 0 N–H and O–H groups in total. The fourth-order valence-corrected chi connectivity index (χ4v) is 21.0. The minimum atomic E-state index is -3.16. The molecular weight excluding hydrogens is 1260 g/mol. The fraction of sp³-hybridized carbons (Fsp3) is 0. The van der Waals surface area contributed by atoms with Crippen molar-refractivity contribution >= 4 is 140 Å². The Balaban J connectivity index is 0.743. The number of imidazole rings is 8. The normalized spacial score (nSPS) is 12.4. The monoisotopic (exact) mass is 1310 g/mol. The predicted molar refractivity (Wildman–Crippen MR) is 409 cm³/mol. The van der Waals surface area contributed by atoms with Gasteiger partial charge in [-0.1, -0.05) is 206 Å². The van der Waals surface area contributed by atoms with E-state index in [1.54, 1.807) is 0 Å². The molecule has 0 atom stereocenters. The molecule has 10 heterocycles. The molecule has 22 rings (SSSR count). The van der Waals surface area contributed by atoms with E-state index in [2.05, 4.69) is 339 Å². The van der Waals surface area contributed by atoms with Gasteiger partial charge in [-0.05, 0) is 164 Å². The number of benzene rings is 12. The smallest absolute Gasteiger partial charge is 0.221 e. The van der Waals surface area contributed by atoms with Gasteiger partial charge >= 0.3 is 0 Å². The maximum Gasteiger partial charge on any atom is 0.221 e. The quantitative estimate of drug-likeness (QED) is 0.0995. The molecule has 101 heavy (non-hydrogen) atoms. The number of nitrogens with zero attached hydrogens (tertiary/aromatic N) is 14. The third-order valence-corrected chi connectivity index (χ3v) is 25.5. The molecule has 0 aliphatic rings. The Morgan fingerprint density at radius 2 is 0.396 bits per heavy atom. The van der Waals surface area contributed by atoms with Crippen LogP contribution < -0.4 is 20.7 Å². The van der Waals surface area contributed by atoms with E-state index < -0.39 is 8.07 Å². The SMILES string of the molecule is c1ccc([Si](c2ccccc2)(c2ccc(-c3cc(-n4c5ccccc5n5c6ccccc6nc45)nc(-n4c5ccccc5n5c6ccccc6nc45)c3)cc2)c2ccc(-c3cc(-n4c5ccccc5n5c6ccccc6nc45)nc(-n4c5ccccc5n5c6ccccc6nc45)c3)cc2)cc1. The topological polar surface area (TPSA) is 115 Å². The summed E-state index contributed by atoms with van der Waals surface area (Å²) in [6, 6.07) is 117. The number of pyridine rings is 2. The molecular formula is C86H54N14Si. The molecule has 14 nitrogen and oxygen atoms in total. The lowest BCUT2D eigenvalue weighted by Crippen LogP contribution is -2.74. The highest BCUT2D eigenvalue weighted by Crippen LogP contribution is 2.38. The lowest BCUT2D eigenvalue weighted by Gasteiger charge is -2.34. The molecule has 0 spiro atoms. The van der Waals surface area contributed by atoms with E-state index in [0.29, 0.717) is 0 Å². The minimum Gasteiger partial charge on any atom is -0.276 e. The summed E-state index contributed by atoms with van der Waals surface area (Å²) < 4.78 is 17.9. The summed E-state index contributed by atoms with van der Waals surface area (Å²) in [4.78, 5) is 32.8. The van der Waals surface area contributed by atoms with Crippen LogP contribution in [0.2, 0.25) is 0 Å². The zero-order chi connectivity index (χ0) is 66.0. The molecule has 0 aliphatic heterocycles. The van der Waals surface area contributed by atoms with Crippen LogP contribution in [0.25, 0.3) is 157 Å². The van der Waals surface area contributed by atoms with Crippen molar-refractivity contribution in [2.45, 2.75) is 0 Å². The van der Waals surface area contributed by atoms with Crippen LogP contribution in [0, 0.1) is 0 Å². The summed E-state index contributed by atoms with van der Waals surface area (Å²) in [5.41, 5.74) is 20.0. The van der Waals surface area contributed by atoms with Gasteiger partial charge in [0, 0.05) is 0 Å². The second-order valence-corrected chi connectivity index (χ2v) is 29.8. The molecule has 15 heteroatoms. The van der Waals surface area contributed by atoms with Crippen LogP contribution in [0.4, 0.5) is 0 Å². The average molecular weight is 1310 g/mol. The molecule has 0 saturated carbocycles. The largest absolute Gasteiger partial charge is 0.276 e. The Labute approximate surface area is 575 Å². The van der Waals surface area contributed by atoms with E-state index in [1.165, 1.54) is 20.7 Å². The lowest BCUT2D eigenvalue weighted by molar-refractivity contribution is 0.983. The highest BCUT2D eigenvalue weighted by molar-refractivity contribution is 7.19. The first-order chi connectivity index (χ1) is 50.1. The van der Waals surface area contributed by atoms with Gasteiger partial charge in [0.2, 0.25) is 23.1 Å². The van der Waals surface area contributed by atoms with Crippen LogP contribution in [0.5, 0.6) is 0 Å². The van der Waals surface area contributed by atoms with Crippen LogP contribution in [0.15, 0.2) is 328 Å². The first-order valence-corrected chi connectivity index (χ1v) is 35.9. The molecule has 22 aromatic rings. The third kappa shape index (κ3) is 7.90. The fourth-order valence-electron chi connectivity index (χ4n) is 16.3. The Hall–Kier alpha value is -13.8. The van der Waals surface area contributed by atoms with E-state index in [0.717, 1.165) is 157 Å². The predicted octanol–water partition coefficient (Wildman–Crippen LogP) is 16.2. The molecule has 0 fully saturated rings. The standard InChI is InChI=1S/C86H54N14Si/c1-3-23-59(24-4-1)101(60-25-5-2-6-26-60,61-47-43-55(44-48-61)57-51-79(97-75-39-19-15-35-71(75)93-67-31-11-7-27-63(67)87-83(93)97)91-80(52-57)98-76-40-20-16-36-72(76)94-68-32-12-8-28-64(68)88-84(94)98)62-49-45-56(46-50-62)58-53-81(99-77-41-21-17-37-73(77)95-69-33-13-9-29-65(69)89-85(95)99)92-82(54-58)100-78-42-22-18-38-74(78)96-70-34-14-10-30-66(70)90-86(96)100/h1-54H. The second kappa shape index (κ2) is 21.1. The van der Waals surface area contributed by atoms with Gasteiger partial charge < -0.3 is 0 Å². The number of rotatable bonds is 10. The van der Waals surface area contributed by atoms with Crippen LogP contribution >= 0.6 is 0 Å². The molecule has 10 aromatic heterocycles. The van der Waals surface area contributed by atoms with Gasteiger partial charge in [0.05, 0.1) is 88.3 Å². The molecule has 0 amide bonds. The molecule has 0 saturated heterocycles. The van der Waals surface area contributed by atoms with Gasteiger partial charge in [0.25, 0.3) is 0 Å². The van der Waals surface area contributed by atoms with Crippen LogP contribution in [0.1, 0.15) is 0 Å². The summed E-state index contributed by atoms with van der Waals surface area (Å²) in [5.74, 6) is 6.05. The first kappa shape index (κ1) is 55.4. The lowest BCUT2D eigenvalue weighted by atomic mass is 10.1. The number of hydrogen-bond acceptors (Lipinski definition) is 6. The number of para-hydroxylation sites is 16. The molecule has 0 unspecified atom stereocenters. The second-order valence-electron chi connectivity index (χ2n) is 26.0. The van der Waals surface area contributed by atoms with Gasteiger partial charge in [0.15, 0.2) is 8.07 Å². The minimum absolute atomic E-state index is 0.733. The van der Waals surface area contributed by atoms with Gasteiger partial charge in [-0.2, -0.15) is 0 Å². The molecule has 0 radical (unpaired) electrons. The van der Waals surface area contributed by atoms with Crippen molar-refractivity contribution in [1.82, 2.24) is 65.8 Å². The maximum atomic E-state index is 5.70. The highest BCUT2D eigenvalue weighted by Gasteiger charge is 2.41. The Bertz CT molecular complexity index is 6380. The van der Waals surface area contributed by atoms with Gasteiger partial charge in [-0.25, -0.2) is 29.9 Å². The van der Waals surface area contributed by atoms with Crippen molar-refractivity contribution in [3.8, 4) is 45.5 Å². The molecule has 472 valence electrons. The summed E-state index contributed by atoms with van der Waals surface area (Å²) in [5, 5.41) is 5.02. The Morgan fingerprint density at radius 3 is 0.663 bits per heavy atom. The van der Waals surface area contributed by atoms with E-state index in [4.69, 9.17) is 29.9 Å². The van der Waals surface area contributed by atoms with E-state index in [9.17, 15) is 0 Å².